The van der Waals surface area contributed by atoms with Gasteiger partial charge in [-0.1, -0.05) is 32.0 Å². The van der Waals surface area contributed by atoms with E-state index in [1.807, 2.05) is 83.7 Å². The van der Waals surface area contributed by atoms with Gasteiger partial charge in [-0.15, -0.1) is 0 Å². The van der Waals surface area contributed by atoms with Crippen LogP contribution < -0.4 is 5.32 Å². The summed E-state index contributed by atoms with van der Waals surface area (Å²) in [7, 11) is 0. The molecule has 13 radical (unpaired) electrons. The van der Waals surface area contributed by atoms with Crippen molar-refractivity contribution >= 4 is 5.69 Å². The maximum Gasteiger partial charge on any atom is 3.00 e. The molecule has 0 spiro atoms. The van der Waals surface area contributed by atoms with Crippen LogP contribution in [-0.2, 0) is 42.6 Å². The van der Waals surface area contributed by atoms with Gasteiger partial charge in [-0.3, -0.25) is 0 Å². The van der Waals surface area contributed by atoms with Gasteiger partial charge in [0.25, 0.3) is 0 Å². The van der Waals surface area contributed by atoms with Crippen molar-refractivity contribution in [2.24, 2.45) is 0 Å². The van der Waals surface area contributed by atoms with Crippen LogP contribution in [0, 0.1) is 69.6 Å². The van der Waals surface area contributed by atoms with E-state index in [1.54, 1.807) is 4.90 Å². The van der Waals surface area contributed by atoms with E-state index >= 15 is 0 Å². The third-order valence-electron chi connectivity index (χ3n) is 4.80. The normalized spacial score (nSPS) is 18.1. The SMILES string of the molecule is C1CCOC1.CC(C)N([C]([O])[N]c1ccccc1)C(C)C.C[C]1[CH][CH][CH][CH]1.C[C]1[CH][CH][CH][CH]1.[Y+3]. The molecule has 0 unspecified atom stereocenters. The molecule has 1 saturated heterocycles. The molecule has 4 rings (SSSR count). The van der Waals surface area contributed by atoms with E-state index in [4.69, 9.17) is 4.74 Å². The van der Waals surface area contributed by atoms with Crippen molar-refractivity contribution < 1.29 is 42.6 Å². The molecule has 5 heteroatoms. The van der Waals surface area contributed by atoms with Gasteiger partial charge < -0.3 is 4.74 Å². The molecule has 3 fully saturated rings. The van der Waals surface area contributed by atoms with E-state index in [0.717, 1.165) is 13.2 Å². The fraction of sp³-hybridized carbons (Fsp3) is 0.414. The van der Waals surface area contributed by atoms with Gasteiger partial charge in [0.15, 0.2) is 0 Å². The fourth-order valence-corrected chi connectivity index (χ4v) is 3.16. The Kier molecular flexibility index (Phi) is 21.1. The summed E-state index contributed by atoms with van der Waals surface area (Å²) in [5, 5.41) is 16.0. The van der Waals surface area contributed by atoms with Crippen LogP contribution in [0.4, 0.5) is 5.69 Å². The smallest absolute Gasteiger partial charge is 0.381 e. The Morgan fingerprint density at radius 1 is 0.794 bits per heavy atom. The standard InChI is InChI=1S/C13H19N2O.2C6H7.C4H8O.Y/c1-10(2)15(11(3)4)13(16)14-12-8-6-5-7-9-12;2*1-6-4-2-3-5-6;1-2-4-5-3-1;/h5-11H,1-4H3;2*2-5H,1H3;1-4H2;/q;;;;+3. The van der Waals surface area contributed by atoms with Gasteiger partial charge >= 0.3 is 39.1 Å². The van der Waals surface area contributed by atoms with Gasteiger partial charge in [0.05, 0.1) is 5.69 Å². The zero-order valence-electron chi connectivity index (χ0n) is 21.8. The molecule has 34 heavy (non-hydrogen) atoms. The Bertz CT molecular complexity index is 525. The van der Waals surface area contributed by atoms with Crippen LogP contribution in [0.15, 0.2) is 30.3 Å². The molecule has 2 saturated carbocycles. The summed E-state index contributed by atoms with van der Waals surface area (Å²) in [6.07, 6.45) is 18.9. The van der Waals surface area contributed by atoms with Gasteiger partial charge in [0, 0.05) is 25.3 Å². The van der Waals surface area contributed by atoms with Gasteiger partial charge in [-0.05, 0) is 116 Å². The van der Waals surface area contributed by atoms with E-state index in [1.165, 1.54) is 24.7 Å². The Morgan fingerprint density at radius 3 is 1.47 bits per heavy atom. The van der Waals surface area contributed by atoms with Crippen LogP contribution in [0.3, 0.4) is 0 Å². The number of benzene rings is 1. The van der Waals surface area contributed by atoms with Crippen molar-refractivity contribution in [1.82, 2.24) is 10.2 Å². The summed E-state index contributed by atoms with van der Waals surface area (Å²) >= 11 is 0. The summed E-state index contributed by atoms with van der Waals surface area (Å²) in [4.78, 5) is 1.77. The quantitative estimate of drug-likeness (QED) is 0.428. The summed E-state index contributed by atoms with van der Waals surface area (Å²) in [5.74, 6) is 2.69. The maximum absolute atomic E-state index is 12.0. The first-order valence-electron chi connectivity index (χ1n) is 11.8. The van der Waals surface area contributed by atoms with Crippen molar-refractivity contribution in [3.63, 3.8) is 0 Å². The summed E-state index contributed by atoms with van der Waals surface area (Å²) in [6.45, 7) is 14.2. The van der Waals surface area contributed by atoms with Gasteiger partial charge in [0.2, 0.25) is 0 Å². The maximum atomic E-state index is 12.0. The molecule has 0 N–H and O–H groups in total. The minimum Gasteiger partial charge on any atom is -0.381 e. The van der Waals surface area contributed by atoms with Crippen LogP contribution in [0.5, 0.6) is 0 Å². The second-order valence-electron chi connectivity index (χ2n) is 8.57. The van der Waals surface area contributed by atoms with Crippen molar-refractivity contribution in [2.45, 2.75) is 66.5 Å². The molecular weight excluding hydrogens is 497 g/mol. The van der Waals surface area contributed by atoms with Crippen molar-refractivity contribution in [2.75, 3.05) is 13.2 Å². The van der Waals surface area contributed by atoms with Crippen molar-refractivity contribution in [3.05, 3.63) is 99.9 Å². The number of ether oxygens (including phenoxy) is 1. The first-order chi connectivity index (χ1) is 15.8. The number of rotatable bonds is 5. The molecule has 0 bridgehead atoms. The third kappa shape index (κ3) is 16.6. The van der Waals surface area contributed by atoms with Crippen LogP contribution in [0.25, 0.3) is 0 Å². The van der Waals surface area contributed by atoms with Gasteiger partial charge in [-0.2, -0.15) is 5.11 Å². The molecule has 4 nitrogen and oxygen atoms in total. The Labute approximate surface area is 236 Å². The molecule has 3 aliphatic rings. The molecule has 0 atom stereocenters. The topological polar surface area (TPSA) is 46.5 Å². The van der Waals surface area contributed by atoms with Crippen LogP contribution >= 0.6 is 0 Å². The fourth-order valence-electron chi connectivity index (χ4n) is 3.16. The van der Waals surface area contributed by atoms with Crippen molar-refractivity contribution in [1.29, 1.82) is 0 Å². The predicted molar refractivity (Wildman–Crippen MR) is 137 cm³/mol. The zero-order chi connectivity index (χ0) is 24.5. The molecule has 1 aliphatic heterocycles. The second kappa shape index (κ2) is 21.1. The minimum atomic E-state index is -0.170. The molecular formula is C29H41N2O2Y+3. The van der Waals surface area contributed by atoms with E-state index < -0.39 is 0 Å². The Hall–Kier alpha value is 0.00390. The molecule has 0 amide bonds. The zero-order valence-corrected chi connectivity index (χ0v) is 24.6. The molecule has 2 aliphatic carbocycles. The van der Waals surface area contributed by atoms with E-state index in [-0.39, 0.29) is 51.1 Å². The predicted octanol–water partition coefficient (Wildman–Crippen LogP) is 6.54. The van der Waals surface area contributed by atoms with Crippen LogP contribution in [0.2, 0.25) is 0 Å². The average Bonchev–Trinajstić information content (AvgIpc) is 3.55. The summed E-state index contributed by atoms with van der Waals surface area (Å²) in [5.41, 5.74) is 0.707. The van der Waals surface area contributed by atoms with E-state index in [2.05, 4.69) is 44.8 Å². The minimum absolute atomic E-state index is 0. The summed E-state index contributed by atoms with van der Waals surface area (Å²) < 4.78 is 4.94. The van der Waals surface area contributed by atoms with E-state index in [9.17, 15) is 5.11 Å². The molecule has 1 heterocycles. The summed E-state index contributed by atoms with van der Waals surface area (Å²) in [6, 6.07) is 9.65. The second-order valence-corrected chi connectivity index (χ2v) is 8.57. The van der Waals surface area contributed by atoms with Crippen LogP contribution in [0.1, 0.15) is 54.4 Å². The van der Waals surface area contributed by atoms with E-state index in [0.29, 0.717) is 5.69 Å². The van der Waals surface area contributed by atoms with Crippen LogP contribution in [-0.4, -0.2) is 30.2 Å². The number of hydrogen-bond donors (Lipinski definition) is 0. The van der Waals surface area contributed by atoms with Gasteiger partial charge in [0.1, 0.15) is 0 Å². The third-order valence-corrected chi connectivity index (χ3v) is 4.80. The average molecular weight is 539 g/mol. The number of para-hydroxylation sites is 1. The molecule has 179 valence electrons. The molecule has 1 aromatic carbocycles. The monoisotopic (exact) mass is 538 g/mol. The van der Waals surface area contributed by atoms with Gasteiger partial charge in [-0.25, -0.2) is 10.2 Å². The first-order valence-corrected chi connectivity index (χ1v) is 11.8. The Morgan fingerprint density at radius 2 is 1.21 bits per heavy atom. The molecule has 0 aromatic heterocycles. The largest absolute Gasteiger partial charge is 3.00 e. The number of nitrogens with zero attached hydrogens (tertiary/aromatic N) is 2. The number of hydrogen-bond acceptors (Lipinski definition) is 2. The van der Waals surface area contributed by atoms with Crippen molar-refractivity contribution in [3.8, 4) is 0 Å². The Balaban J connectivity index is 0.000000492. The first kappa shape index (κ1) is 34.0. The molecule has 1 aromatic rings.